The third-order valence-corrected chi connectivity index (χ3v) is 1.46. The van der Waals surface area contributed by atoms with Gasteiger partial charge in [-0.3, -0.25) is 0 Å². The smallest absolute Gasteiger partial charge is 0.512 e. The predicted octanol–water partition coefficient (Wildman–Crippen LogP) is 0.394. The van der Waals surface area contributed by atoms with Gasteiger partial charge < -0.3 is 19.8 Å². The van der Waals surface area contributed by atoms with E-state index >= 15 is 0 Å². The van der Waals surface area contributed by atoms with E-state index in [0.717, 1.165) is 0 Å². The number of rotatable bonds is 2. The van der Waals surface area contributed by atoms with E-state index in [-0.39, 0.29) is 16.5 Å². The van der Waals surface area contributed by atoms with Gasteiger partial charge in [-0.15, -0.1) is 0 Å². The van der Waals surface area contributed by atoms with Gasteiger partial charge in [-0.1, -0.05) is 11.6 Å². The van der Waals surface area contributed by atoms with Crippen LogP contribution in [0.25, 0.3) is 0 Å². The Balaban J connectivity index is 2.82. The molecule has 0 bridgehead atoms. The molecule has 0 saturated heterocycles. The molecule has 0 aliphatic heterocycles. The van der Waals surface area contributed by atoms with Crippen LogP contribution >= 0.6 is 11.6 Å². The third-order valence-electron chi connectivity index (χ3n) is 1.16. The Morgan fingerprint density at radius 2 is 2.00 bits per heavy atom. The van der Waals surface area contributed by atoms with Crippen LogP contribution in [0.4, 0.5) is 0 Å². The molecule has 64 valence electrons. The van der Waals surface area contributed by atoms with Crippen LogP contribution in [-0.2, 0) is 0 Å². The molecule has 0 aromatic heterocycles. The van der Waals surface area contributed by atoms with E-state index in [1.807, 2.05) is 0 Å². The van der Waals surface area contributed by atoms with Crippen molar-refractivity contribution in [2.24, 2.45) is 0 Å². The van der Waals surface area contributed by atoms with Gasteiger partial charge in [0.15, 0.2) is 0 Å². The maximum atomic E-state index is 8.97. The number of aromatic hydroxyl groups is 1. The van der Waals surface area contributed by atoms with Gasteiger partial charge in [0.25, 0.3) is 0 Å². The van der Waals surface area contributed by atoms with Crippen molar-refractivity contribution in [3.8, 4) is 11.5 Å². The van der Waals surface area contributed by atoms with Gasteiger partial charge in [0.2, 0.25) is 0 Å². The molecule has 0 atom stereocenters. The highest BCUT2D eigenvalue weighted by Gasteiger charge is 2.11. The van der Waals surface area contributed by atoms with Crippen LogP contribution in [-0.4, -0.2) is 22.5 Å². The zero-order chi connectivity index (χ0) is 9.14. The normalized spacial score (nSPS) is 9.58. The number of benzene rings is 1. The van der Waals surface area contributed by atoms with Crippen LogP contribution < -0.4 is 4.65 Å². The zero-order valence-corrected chi connectivity index (χ0v) is 6.69. The molecule has 1 aromatic carbocycles. The molecule has 4 nitrogen and oxygen atoms in total. The second-order valence-electron chi connectivity index (χ2n) is 2.06. The van der Waals surface area contributed by atoms with Gasteiger partial charge in [-0.2, -0.15) is 0 Å². The van der Waals surface area contributed by atoms with Crippen LogP contribution in [0.1, 0.15) is 0 Å². The molecule has 0 aliphatic carbocycles. The van der Waals surface area contributed by atoms with E-state index in [4.69, 9.17) is 26.8 Å². The number of hydrogen-bond donors (Lipinski definition) is 3. The summed E-state index contributed by atoms with van der Waals surface area (Å²) in [5, 5.41) is 25.8. The van der Waals surface area contributed by atoms with E-state index in [9.17, 15) is 0 Å². The molecule has 1 rings (SSSR count). The summed E-state index contributed by atoms with van der Waals surface area (Å²) in [6, 6.07) is 3.93. The summed E-state index contributed by atoms with van der Waals surface area (Å²) < 4.78 is 4.47. The molecular weight excluding hydrogens is 182 g/mol. The van der Waals surface area contributed by atoms with Crippen molar-refractivity contribution in [3.63, 3.8) is 0 Å². The molecular formula is C6H6BClO4. The van der Waals surface area contributed by atoms with Gasteiger partial charge in [0.1, 0.15) is 11.5 Å². The predicted molar refractivity (Wildman–Crippen MR) is 43.9 cm³/mol. The van der Waals surface area contributed by atoms with Crippen molar-refractivity contribution in [2.75, 3.05) is 0 Å². The molecule has 3 N–H and O–H groups in total. The standard InChI is InChI=1S/C6H6BClO4/c8-5-3-4(12-7(10)11)1-2-6(5)9/h1-3,9-11H. The molecule has 0 fully saturated rings. The largest absolute Gasteiger partial charge is 0.707 e. The van der Waals surface area contributed by atoms with Gasteiger partial charge in [-0.25, -0.2) is 0 Å². The van der Waals surface area contributed by atoms with E-state index in [1.54, 1.807) is 0 Å². The van der Waals surface area contributed by atoms with Gasteiger partial charge >= 0.3 is 7.32 Å². The molecule has 12 heavy (non-hydrogen) atoms. The summed E-state index contributed by atoms with van der Waals surface area (Å²) in [7, 11) is -1.88. The summed E-state index contributed by atoms with van der Waals surface area (Å²) in [6.07, 6.45) is 0. The van der Waals surface area contributed by atoms with Crippen molar-refractivity contribution in [2.45, 2.75) is 0 Å². The summed E-state index contributed by atoms with van der Waals surface area (Å²) in [5.41, 5.74) is 0. The first-order chi connectivity index (χ1) is 5.59. The highest BCUT2D eigenvalue weighted by atomic mass is 35.5. The maximum Gasteiger partial charge on any atom is 0.707 e. The lowest BCUT2D eigenvalue weighted by Gasteiger charge is -2.04. The van der Waals surface area contributed by atoms with Crippen LogP contribution in [0, 0.1) is 0 Å². The Hall–Kier alpha value is -0.905. The van der Waals surface area contributed by atoms with Crippen molar-refractivity contribution in [3.05, 3.63) is 23.2 Å². The molecule has 0 aliphatic rings. The Bertz CT molecular complexity index is 278. The summed E-state index contributed by atoms with van der Waals surface area (Å²) in [6.45, 7) is 0. The first-order valence-electron chi connectivity index (χ1n) is 3.11. The van der Waals surface area contributed by atoms with Gasteiger partial charge in [0.05, 0.1) is 5.02 Å². The maximum absolute atomic E-state index is 8.97. The first kappa shape index (κ1) is 9.19. The second-order valence-corrected chi connectivity index (χ2v) is 2.46. The third kappa shape index (κ3) is 2.30. The highest BCUT2D eigenvalue weighted by molar-refractivity contribution is 6.34. The average Bonchev–Trinajstić information content (AvgIpc) is 1.96. The molecule has 0 radical (unpaired) electrons. The highest BCUT2D eigenvalue weighted by Crippen LogP contribution is 2.27. The lowest BCUT2D eigenvalue weighted by molar-refractivity contribution is 0.288. The van der Waals surface area contributed by atoms with E-state index in [1.165, 1.54) is 18.2 Å². The van der Waals surface area contributed by atoms with Crippen molar-refractivity contribution in [1.82, 2.24) is 0 Å². The quantitative estimate of drug-likeness (QED) is 0.587. The number of halogens is 1. The fourth-order valence-corrected chi connectivity index (χ4v) is 0.853. The van der Waals surface area contributed by atoms with Crippen molar-refractivity contribution < 1.29 is 19.8 Å². The van der Waals surface area contributed by atoms with Gasteiger partial charge in [-0.05, 0) is 12.1 Å². The first-order valence-corrected chi connectivity index (χ1v) is 3.48. The zero-order valence-electron chi connectivity index (χ0n) is 5.94. The molecule has 0 amide bonds. The Morgan fingerprint density at radius 3 is 2.50 bits per heavy atom. The average molecular weight is 188 g/mol. The topological polar surface area (TPSA) is 69.9 Å². The Labute approximate surface area is 74.2 Å². The number of hydrogen-bond acceptors (Lipinski definition) is 4. The van der Waals surface area contributed by atoms with E-state index < -0.39 is 7.32 Å². The van der Waals surface area contributed by atoms with Crippen LogP contribution in [0.2, 0.25) is 5.02 Å². The SMILES string of the molecule is OB(O)Oc1ccc(O)c(Cl)c1. The minimum Gasteiger partial charge on any atom is -0.512 e. The van der Waals surface area contributed by atoms with Crippen molar-refractivity contribution in [1.29, 1.82) is 0 Å². The molecule has 1 aromatic rings. The van der Waals surface area contributed by atoms with Crippen LogP contribution in [0.15, 0.2) is 18.2 Å². The molecule has 0 spiro atoms. The molecule has 0 heterocycles. The Morgan fingerprint density at radius 1 is 1.33 bits per heavy atom. The minimum absolute atomic E-state index is 0.0866. The van der Waals surface area contributed by atoms with Gasteiger partial charge in [0, 0.05) is 6.07 Å². The number of phenols is 1. The van der Waals surface area contributed by atoms with E-state index in [0.29, 0.717) is 0 Å². The summed E-state index contributed by atoms with van der Waals surface area (Å²) >= 11 is 5.50. The molecule has 0 saturated carbocycles. The molecule has 6 heteroatoms. The lowest BCUT2D eigenvalue weighted by Crippen LogP contribution is -2.20. The summed E-state index contributed by atoms with van der Waals surface area (Å²) in [4.78, 5) is 0. The fraction of sp³-hybridized carbons (Fsp3) is 0. The minimum atomic E-state index is -1.88. The number of phenolic OH excluding ortho intramolecular Hbond substituents is 1. The molecule has 0 unspecified atom stereocenters. The van der Waals surface area contributed by atoms with Crippen LogP contribution in [0.3, 0.4) is 0 Å². The van der Waals surface area contributed by atoms with Crippen LogP contribution in [0.5, 0.6) is 11.5 Å². The second kappa shape index (κ2) is 3.66. The lowest BCUT2D eigenvalue weighted by atomic mass is 10.2. The monoisotopic (exact) mass is 188 g/mol. The van der Waals surface area contributed by atoms with Crippen molar-refractivity contribution >= 4 is 18.9 Å². The Kier molecular flexibility index (Phi) is 2.81. The fourth-order valence-electron chi connectivity index (χ4n) is 0.683. The van der Waals surface area contributed by atoms with E-state index in [2.05, 4.69) is 4.65 Å². The summed E-state index contributed by atoms with van der Waals surface area (Å²) in [5.74, 6) is 0.0873.